The zero-order chi connectivity index (χ0) is 2.71. The molecule has 0 aliphatic heterocycles. The average Bonchev–Trinajstić information content (AvgIpc) is 0.918. The van der Waals surface area contributed by atoms with Crippen LogP contribution in [0, 0.1) is 0 Å². The van der Waals surface area contributed by atoms with E-state index in [0.29, 0.717) is 12.0 Å². The van der Waals surface area contributed by atoms with Crippen LogP contribution in [0.3, 0.4) is 0 Å². The number of rotatable bonds is 0. The van der Waals surface area contributed by atoms with Crippen molar-refractivity contribution >= 4 is 37.2 Å². The Bertz CT molecular complexity index is 6.00. The largest absolute Gasteiger partial charge is 0 e. The molecule has 0 N–H and O–H groups in total. The minimum Gasteiger partial charge on any atom is 0 e. The molecule has 0 rings (SSSR count). The summed E-state index contributed by atoms with van der Waals surface area (Å²) in [6, 6.07) is 0. The molecule has 0 saturated heterocycles. The van der Waals surface area contributed by atoms with Crippen molar-refractivity contribution in [2.24, 2.45) is 0 Å². The Balaban J connectivity index is 0. The third-order valence-corrected chi connectivity index (χ3v) is 0. The van der Waals surface area contributed by atoms with Crippen LogP contribution in [0.1, 0.15) is 0 Å². The summed E-state index contributed by atoms with van der Waals surface area (Å²) in [4.78, 5) is 0. The van der Waals surface area contributed by atoms with E-state index in [-0.39, 0.29) is 17.1 Å². The van der Waals surface area contributed by atoms with Crippen LogP contribution < -0.4 is 0 Å². The molecule has 0 aliphatic rings. The molecule has 0 unspecified atom stereocenters. The normalized spacial score (nSPS) is 4.50. The van der Waals surface area contributed by atoms with Crippen LogP contribution in [-0.2, 0) is 17.1 Å². The van der Waals surface area contributed by atoms with Gasteiger partial charge >= 0.3 is 37.2 Å². The van der Waals surface area contributed by atoms with Gasteiger partial charge in [0, 0.05) is 17.1 Å². The fourth-order valence-electron chi connectivity index (χ4n) is 0. The molecule has 0 aromatic carbocycles. The molecular weight excluding hydrogens is 254 g/mol. The van der Waals surface area contributed by atoms with Crippen LogP contribution in [0.4, 0.5) is 0 Å². The van der Waals surface area contributed by atoms with E-state index in [4.69, 9.17) is 0 Å². The molecule has 0 aliphatic carbocycles. The summed E-state index contributed by atoms with van der Waals surface area (Å²) in [5.74, 6) is 0. The Morgan fingerprint density at radius 1 is 1.75 bits per heavy atom. The SMILES string of the molecule is S[Se][SeH].[Cu]. The maximum absolute atomic E-state index is 3.82. The van der Waals surface area contributed by atoms with Gasteiger partial charge in [-0.25, -0.2) is 0 Å². The van der Waals surface area contributed by atoms with Gasteiger partial charge in [0.2, 0.25) is 0 Å². The second-order valence-electron chi connectivity index (χ2n) is 0.0816. The van der Waals surface area contributed by atoms with E-state index in [9.17, 15) is 0 Å². The summed E-state index contributed by atoms with van der Waals surface area (Å²) in [6.45, 7) is 0. The topological polar surface area (TPSA) is 0 Å². The molecule has 0 atom stereocenters. The van der Waals surface area contributed by atoms with E-state index >= 15 is 0 Å². The van der Waals surface area contributed by atoms with Crippen molar-refractivity contribution < 1.29 is 17.1 Å². The zero-order valence-electron chi connectivity index (χ0n) is 1.60. The van der Waals surface area contributed by atoms with Crippen molar-refractivity contribution in [3.63, 3.8) is 0 Å². The molecule has 4 heteroatoms. The summed E-state index contributed by atoms with van der Waals surface area (Å²) in [6.07, 6.45) is 0. The molecule has 0 spiro atoms. The number of thiol groups is 1. The van der Waals surface area contributed by atoms with Gasteiger partial charge in [0.25, 0.3) is 0 Å². The van der Waals surface area contributed by atoms with Crippen molar-refractivity contribution in [1.82, 2.24) is 0 Å². The van der Waals surface area contributed by atoms with Gasteiger partial charge in [-0.15, -0.1) is 0 Å². The minimum absolute atomic E-state index is 0. The van der Waals surface area contributed by atoms with Gasteiger partial charge in [-0.1, -0.05) is 0 Å². The molecule has 0 saturated carbocycles. The molecule has 0 amide bonds. The molecule has 0 aromatic heterocycles. The first-order chi connectivity index (χ1) is 1.41. The quantitative estimate of drug-likeness (QED) is 0.432. The second-order valence-corrected chi connectivity index (χ2v) is 6.61. The first kappa shape index (κ1) is 9.32. The molecule has 0 nitrogen and oxygen atoms in total. The van der Waals surface area contributed by atoms with Crippen LogP contribution in [0.2, 0.25) is 0 Å². The van der Waals surface area contributed by atoms with Gasteiger partial charge < -0.3 is 0 Å². The summed E-state index contributed by atoms with van der Waals surface area (Å²) >= 11 is 6.72. The summed E-state index contributed by atoms with van der Waals surface area (Å²) < 4.78 is 0. The van der Waals surface area contributed by atoms with Gasteiger partial charge in [0.05, 0.1) is 0 Å². The maximum Gasteiger partial charge on any atom is 0 e. The van der Waals surface area contributed by atoms with Crippen LogP contribution >= 0.6 is 11.0 Å². The van der Waals surface area contributed by atoms with E-state index in [1.54, 1.807) is 0 Å². The molecule has 1 radical (unpaired) electrons. The van der Waals surface area contributed by atoms with Crippen LogP contribution in [0.15, 0.2) is 0 Å². The first-order valence-electron chi connectivity index (χ1n) is 0.365. The van der Waals surface area contributed by atoms with Crippen molar-refractivity contribution in [3.8, 4) is 0 Å². The monoisotopic (exact) mass is 257 g/mol. The molecule has 0 aromatic rings. The number of hydrogen-bond donors (Lipinski definition) is 1. The second kappa shape index (κ2) is 8.86. The smallest absolute Gasteiger partial charge is 0 e. The van der Waals surface area contributed by atoms with Gasteiger partial charge in [-0.05, 0) is 0 Å². The number of hydrogen-bond acceptors (Lipinski definition) is 1. The molecular formula is H2CuSSe2. The van der Waals surface area contributed by atoms with E-state index in [1.165, 1.54) is 0 Å². The standard InChI is InChI=1S/Cu.H2SSe2/c;1-3-2/h;1-2H. The zero-order valence-corrected chi connectivity index (χ0v) is 7.03. The maximum atomic E-state index is 3.82. The van der Waals surface area contributed by atoms with Crippen LogP contribution in [0.5, 0.6) is 0 Å². The first-order valence-corrected chi connectivity index (χ1v) is 7.78. The van der Waals surface area contributed by atoms with Crippen molar-refractivity contribution in [2.75, 3.05) is 0 Å². The van der Waals surface area contributed by atoms with Gasteiger partial charge in [-0.3, -0.25) is 0 Å². The third kappa shape index (κ3) is 9.08. The summed E-state index contributed by atoms with van der Waals surface area (Å²) in [5.41, 5.74) is 0. The predicted octanol–water partition coefficient (Wildman–Crippen LogP) is -0.651. The fourth-order valence-corrected chi connectivity index (χ4v) is 0. The molecule has 0 heterocycles. The van der Waals surface area contributed by atoms with E-state index in [2.05, 4.69) is 25.2 Å². The molecule has 0 fully saturated rings. The van der Waals surface area contributed by atoms with Crippen molar-refractivity contribution in [2.45, 2.75) is 0 Å². The third-order valence-electron chi connectivity index (χ3n) is 0. The Morgan fingerprint density at radius 3 is 1.75 bits per heavy atom. The Hall–Kier alpha value is 1.91. The Morgan fingerprint density at radius 2 is 1.75 bits per heavy atom. The summed E-state index contributed by atoms with van der Waals surface area (Å²) in [5, 5.41) is 0. The van der Waals surface area contributed by atoms with Crippen molar-refractivity contribution in [3.05, 3.63) is 0 Å². The van der Waals surface area contributed by atoms with Gasteiger partial charge in [0.1, 0.15) is 0 Å². The molecule has 4 heavy (non-hydrogen) atoms. The van der Waals surface area contributed by atoms with E-state index in [1.807, 2.05) is 0 Å². The molecule has 0 bridgehead atoms. The Kier molecular flexibility index (Phi) is 20.7. The average molecular weight is 256 g/mol. The van der Waals surface area contributed by atoms with Crippen LogP contribution in [0.25, 0.3) is 0 Å². The van der Waals surface area contributed by atoms with Gasteiger partial charge in [-0.2, -0.15) is 0 Å². The molecule has 31 valence electrons. The van der Waals surface area contributed by atoms with Gasteiger partial charge in [0.15, 0.2) is 0 Å². The predicted molar refractivity (Wildman–Crippen MR) is 21.9 cm³/mol. The Labute approximate surface area is 54.0 Å². The summed E-state index contributed by atoms with van der Waals surface area (Å²) in [7, 11) is 0. The fraction of sp³-hybridized carbons (Fsp3) is 0. The van der Waals surface area contributed by atoms with Crippen LogP contribution in [-0.4, -0.2) is 26.2 Å². The van der Waals surface area contributed by atoms with E-state index in [0.717, 1.165) is 0 Å². The van der Waals surface area contributed by atoms with Crippen molar-refractivity contribution in [1.29, 1.82) is 0 Å². The minimum atomic E-state index is 0. The van der Waals surface area contributed by atoms with E-state index < -0.39 is 0 Å².